The highest BCUT2D eigenvalue weighted by Crippen LogP contribution is 2.41. The van der Waals surface area contributed by atoms with Gasteiger partial charge in [0.1, 0.15) is 4.32 Å². The molecule has 0 saturated carbocycles. The van der Waals surface area contributed by atoms with Gasteiger partial charge in [-0.05, 0) is 11.8 Å². The molecule has 2 nitrogen and oxygen atoms in total. The first-order valence-electron chi connectivity index (χ1n) is 3.74. The highest BCUT2D eigenvalue weighted by atomic mass is 79.9. The minimum absolute atomic E-state index is 0.285. The van der Waals surface area contributed by atoms with Gasteiger partial charge in [0.15, 0.2) is 0 Å². The highest BCUT2D eigenvalue weighted by Gasteiger charge is 2.45. The van der Waals surface area contributed by atoms with Crippen molar-refractivity contribution < 1.29 is 9.90 Å². The molecule has 12 heavy (non-hydrogen) atoms. The van der Waals surface area contributed by atoms with E-state index in [1.807, 2.05) is 20.8 Å². The fourth-order valence-corrected chi connectivity index (χ4v) is 2.26. The smallest absolute Gasteiger partial charge is 0.321 e. The molecular formula is C8H14Br2O2. The number of alkyl halides is 2. The van der Waals surface area contributed by atoms with E-state index in [9.17, 15) is 4.79 Å². The first-order valence-corrected chi connectivity index (χ1v) is 5.65. The molecule has 0 fully saturated rings. The minimum atomic E-state index is -0.830. The molecule has 0 aliphatic heterocycles. The number of hydrogen-bond donors (Lipinski definition) is 1. The van der Waals surface area contributed by atoms with E-state index < -0.39 is 10.3 Å². The Balaban J connectivity index is 4.75. The van der Waals surface area contributed by atoms with Crippen molar-refractivity contribution in [1.29, 1.82) is 0 Å². The van der Waals surface area contributed by atoms with E-state index in [4.69, 9.17) is 5.11 Å². The van der Waals surface area contributed by atoms with Crippen LogP contribution in [0.15, 0.2) is 0 Å². The fourth-order valence-electron chi connectivity index (χ4n) is 0.933. The van der Waals surface area contributed by atoms with E-state index in [1.54, 1.807) is 0 Å². The number of halogens is 2. The van der Waals surface area contributed by atoms with Crippen LogP contribution in [0.4, 0.5) is 0 Å². The molecule has 0 heterocycles. The van der Waals surface area contributed by atoms with Crippen LogP contribution >= 0.6 is 31.9 Å². The molecule has 0 aromatic rings. The van der Waals surface area contributed by atoms with Gasteiger partial charge in [-0.15, -0.1) is 0 Å². The van der Waals surface area contributed by atoms with Gasteiger partial charge in [-0.25, -0.2) is 0 Å². The lowest BCUT2D eigenvalue weighted by Crippen LogP contribution is -2.44. The van der Waals surface area contributed by atoms with E-state index in [1.165, 1.54) is 0 Å². The van der Waals surface area contributed by atoms with E-state index in [-0.39, 0.29) is 5.41 Å². The first-order chi connectivity index (χ1) is 5.25. The van der Waals surface area contributed by atoms with E-state index in [0.717, 1.165) is 0 Å². The van der Waals surface area contributed by atoms with Crippen molar-refractivity contribution in [2.75, 3.05) is 5.33 Å². The van der Waals surface area contributed by atoms with Gasteiger partial charge in [-0.2, -0.15) is 0 Å². The summed E-state index contributed by atoms with van der Waals surface area (Å²) < 4.78 is -0.830. The van der Waals surface area contributed by atoms with Gasteiger partial charge in [0.05, 0.1) is 0 Å². The second-order valence-electron chi connectivity index (χ2n) is 3.80. The Morgan fingerprint density at radius 1 is 1.42 bits per heavy atom. The van der Waals surface area contributed by atoms with Gasteiger partial charge in [0, 0.05) is 5.33 Å². The molecule has 0 spiro atoms. The van der Waals surface area contributed by atoms with Crippen LogP contribution in [-0.2, 0) is 4.79 Å². The summed E-state index contributed by atoms with van der Waals surface area (Å²) in [5.74, 6) is -0.797. The molecular weight excluding hydrogens is 288 g/mol. The van der Waals surface area contributed by atoms with Crippen LogP contribution in [0.1, 0.15) is 27.2 Å². The minimum Gasteiger partial charge on any atom is -0.480 e. The van der Waals surface area contributed by atoms with Gasteiger partial charge < -0.3 is 5.11 Å². The van der Waals surface area contributed by atoms with Crippen molar-refractivity contribution in [3.8, 4) is 0 Å². The summed E-state index contributed by atoms with van der Waals surface area (Å²) in [6, 6.07) is 0. The molecule has 0 aliphatic rings. The predicted molar refractivity (Wildman–Crippen MR) is 57.2 cm³/mol. The summed E-state index contributed by atoms with van der Waals surface area (Å²) in [4.78, 5) is 11.0. The van der Waals surface area contributed by atoms with Crippen molar-refractivity contribution in [2.24, 2.45) is 5.41 Å². The van der Waals surface area contributed by atoms with Gasteiger partial charge in [0.25, 0.3) is 0 Å². The lowest BCUT2D eigenvalue weighted by atomic mass is 9.79. The number of aliphatic carboxylic acids is 1. The standard InChI is InChI=1S/C8H14Br2O2/c1-7(2,3)8(10,4-5-9)6(11)12/h4-5H2,1-3H3,(H,11,12). The number of hydrogen-bond acceptors (Lipinski definition) is 1. The second-order valence-corrected chi connectivity index (χ2v) is 5.94. The average molecular weight is 302 g/mol. The highest BCUT2D eigenvalue weighted by molar-refractivity contribution is 9.10. The number of carboxylic acids is 1. The topological polar surface area (TPSA) is 37.3 Å². The average Bonchev–Trinajstić information content (AvgIpc) is 1.85. The Labute approximate surface area is 90.0 Å². The van der Waals surface area contributed by atoms with Crippen LogP contribution in [0.25, 0.3) is 0 Å². The van der Waals surface area contributed by atoms with Crippen molar-refractivity contribution in [3.63, 3.8) is 0 Å². The van der Waals surface area contributed by atoms with Gasteiger partial charge in [-0.3, -0.25) is 4.79 Å². The molecule has 0 radical (unpaired) electrons. The summed E-state index contributed by atoms with van der Waals surface area (Å²) in [6.07, 6.45) is 0.575. The maximum Gasteiger partial charge on any atom is 0.321 e. The third kappa shape index (κ3) is 2.46. The SMILES string of the molecule is CC(C)(C)C(Br)(CCBr)C(=O)O. The van der Waals surface area contributed by atoms with Crippen molar-refractivity contribution >= 4 is 37.8 Å². The van der Waals surface area contributed by atoms with Gasteiger partial charge in [-0.1, -0.05) is 52.6 Å². The quantitative estimate of drug-likeness (QED) is 0.814. The lowest BCUT2D eigenvalue weighted by Gasteiger charge is -2.35. The Morgan fingerprint density at radius 3 is 1.92 bits per heavy atom. The van der Waals surface area contributed by atoms with Crippen LogP contribution in [0.2, 0.25) is 0 Å². The molecule has 72 valence electrons. The molecule has 0 saturated heterocycles. The van der Waals surface area contributed by atoms with Crippen molar-refractivity contribution in [1.82, 2.24) is 0 Å². The van der Waals surface area contributed by atoms with Crippen LogP contribution in [-0.4, -0.2) is 20.7 Å². The summed E-state index contributed by atoms with van der Waals surface area (Å²) in [5, 5.41) is 9.71. The molecule has 1 N–H and O–H groups in total. The summed E-state index contributed by atoms with van der Waals surface area (Å²) in [6.45, 7) is 5.75. The van der Waals surface area contributed by atoms with Crippen LogP contribution < -0.4 is 0 Å². The maximum absolute atomic E-state index is 11.0. The first kappa shape index (κ1) is 12.4. The van der Waals surface area contributed by atoms with Gasteiger partial charge in [0.2, 0.25) is 0 Å². The van der Waals surface area contributed by atoms with Crippen LogP contribution in [0, 0.1) is 5.41 Å². The molecule has 0 amide bonds. The van der Waals surface area contributed by atoms with Crippen molar-refractivity contribution in [3.05, 3.63) is 0 Å². The zero-order valence-electron chi connectivity index (χ0n) is 7.53. The zero-order valence-corrected chi connectivity index (χ0v) is 10.7. The third-order valence-corrected chi connectivity index (χ3v) is 4.29. The van der Waals surface area contributed by atoms with Crippen molar-refractivity contribution in [2.45, 2.75) is 31.5 Å². The molecule has 0 aliphatic carbocycles. The summed E-state index contributed by atoms with van der Waals surface area (Å²) >= 11 is 6.55. The molecule has 0 aromatic carbocycles. The Morgan fingerprint density at radius 2 is 1.83 bits per heavy atom. The molecule has 1 unspecified atom stereocenters. The Kier molecular flexibility index (Phi) is 4.24. The second kappa shape index (κ2) is 4.09. The maximum atomic E-state index is 11.0. The monoisotopic (exact) mass is 300 g/mol. The van der Waals surface area contributed by atoms with E-state index in [2.05, 4.69) is 31.9 Å². The van der Waals surface area contributed by atoms with Crippen LogP contribution in [0.5, 0.6) is 0 Å². The zero-order chi connectivity index (χ0) is 9.99. The predicted octanol–water partition coefficient (Wildman–Crippen LogP) is 3.04. The number of carboxylic acid groups (broad SMARTS) is 1. The molecule has 4 heteroatoms. The molecule has 0 rings (SSSR count). The summed E-state index contributed by atoms with van der Waals surface area (Å²) in [7, 11) is 0. The largest absolute Gasteiger partial charge is 0.480 e. The number of carbonyl (C=O) groups is 1. The van der Waals surface area contributed by atoms with Gasteiger partial charge >= 0.3 is 5.97 Å². The number of rotatable bonds is 3. The van der Waals surface area contributed by atoms with E-state index >= 15 is 0 Å². The van der Waals surface area contributed by atoms with E-state index in [0.29, 0.717) is 11.8 Å². The normalized spacial score (nSPS) is 17.1. The fraction of sp³-hybridized carbons (Fsp3) is 0.875. The summed E-state index contributed by atoms with van der Waals surface area (Å²) in [5.41, 5.74) is -0.285. The lowest BCUT2D eigenvalue weighted by molar-refractivity contribution is -0.142. The molecule has 0 bridgehead atoms. The molecule has 1 atom stereocenters. The third-order valence-electron chi connectivity index (χ3n) is 1.97. The Hall–Kier alpha value is 0.430. The molecule has 0 aromatic heterocycles. The Bertz CT molecular complexity index is 174. The van der Waals surface area contributed by atoms with Crippen LogP contribution in [0.3, 0.4) is 0 Å².